The first-order valence-corrected chi connectivity index (χ1v) is 8.63. The molecule has 1 aromatic heterocycles. The van der Waals surface area contributed by atoms with Gasteiger partial charge >= 0.3 is 0 Å². The van der Waals surface area contributed by atoms with Crippen molar-refractivity contribution in [3.05, 3.63) is 65.8 Å². The van der Waals surface area contributed by atoms with E-state index < -0.39 is 0 Å². The van der Waals surface area contributed by atoms with Crippen LogP contribution in [0.5, 0.6) is 5.75 Å². The average molecular weight is 367 g/mol. The summed E-state index contributed by atoms with van der Waals surface area (Å²) in [7, 11) is 1.59. The fourth-order valence-electron chi connectivity index (χ4n) is 3.20. The lowest BCUT2D eigenvalue weighted by Crippen LogP contribution is -2.24. The SMILES string of the molecule is COc1cccc(-c2noc(C3CC(=O)N(Cc4ccccc4F)C3)n2)c1. The molecule has 0 N–H and O–H groups in total. The van der Waals surface area contributed by atoms with Gasteiger partial charge in [0.1, 0.15) is 11.6 Å². The van der Waals surface area contributed by atoms with Crippen LogP contribution in [0.4, 0.5) is 4.39 Å². The first-order valence-electron chi connectivity index (χ1n) is 8.63. The summed E-state index contributed by atoms with van der Waals surface area (Å²) in [4.78, 5) is 18.4. The minimum atomic E-state index is -0.313. The number of hydrogen-bond acceptors (Lipinski definition) is 5. The first kappa shape index (κ1) is 17.2. The Morgan fingerprint density at radius 3 is 2.93 bits per heavy atom. The summed E-state index contributed by atoms with van der Waals surface area (Å²) in [5, 5.41) is 4.02. The summed E-state index contributed by atoms with van der Waals surface area (Å²) in [6, 6.07) is 13.8. The zero-order chi connectivity index (χ0) is 18.8. The number of nitrogens with zero attached hydrogens (tertiary/aromatic N) is 3. The molecule has 1 saturated heterocycles. The van der Waals surface area contributed by atoms with E-state index in [2.05, 4.69) is 10.1 Å². The molecule has 2 heterocycles. The van der Waals surface area contributed by atoms with E-state index in [1.807, 2.05) is 24.3 Å². The summed E-state index contributed by atoms with van der Waals surface area (Å²) in [6.45, 7) is 0.659. The molecule has 4 rings (SSSR count). The Balaban J connectivity index is 1.49. The van der Waals surface area contributed by atoms with Crippen molar-refractivity contribution in [2.24, 2.45) is 0 Å². The topological polar surface area (TPSA) is 68.5 Å². The zero-order valence-corrected chi connectivity index (χ0v) is 14.8. The van der Waals surface area contributed by atoms with Gasteiger partial charge in [-0.3, -0.25) is 4.79 Å². The number of rotatable bonds is 5. The predicted octanol–water partition coefficient (Wildman–Crippen LogP) is 3.40. The van der Waals surface area contributed by atoms with Crippen LogP contribution in [0.15, 0.2) is 53.1 Å². The van der Waals surface area contributed by atoms with Crippen LogP contribution in [0.25, 0.3) is 11.4 Å². The highest BCUT2D eigenvalue weighted by molar-refractivity contribution is 5.79. The number of carbonyl (C=O) groups excluding carboxylic acids is 1. The Morgan fingerprint density at radius 1 is 1.26 bits per heavy atom. The molecule has 0 saturated carbocycles. The lowest BCUT2D eigenvalue weighted by Gasteiger charge is -2.16. The van der Waals surface area contributed by atoms with Gasteiger partial charge in [-0.05, 0) is 18.2 Å². The van der Waals surface area contributed by atoms with Gasteiger partial charge in [0.25, 0.3) is 0 Å². The van der Waals surface area contributed by atoms with Gasteiger partial charge in [0.2, 0.25) is 17.6 Å². The lowest BCUT2D eigenvalue weighted by atomic mass is 10.1. The molecule has 0 bridgehead atoms. The molecule has 1 aliphatic rings. The van der Waals surface area contributed by atoms with Crippen molar-refractivity contribution >= 4 is 5.91 Å². The molecule has 7 heteroatoms. The standard InChI is InChI=1S/C20H18FN3O3/c1-26-16-7-4-6-13(9-16)19-22-20(27-23-19)15-10-18(25)24(12-15)11-14-5-2-3-8-17(14)21/h2-9,15H,10-12H2,1H3. The van der Waals surface area contributed by atoms with E-state index in [1.165, 1.54) is 6.07 Å². The maximum absolute atomic E-state index is 13.9. The second-order valence-corrected chi connectivity index (χ2v) is 6.45. The minimum absolute atomic E-state index is 0.0515. The van der Waals surface area contributed by atoms with Crippen LogP contribution in [0.3, 0.4) is 0 Å². The molecule has 0 radical (unpaired) electrons. The van der Waals surface area contributed by atoms with Gasteiger partial charge < -0.3 is 14.2 Å². The predicted molar refractivity (Wildman–Crippen MR) is 95.5 cm³/mol. The second kappa shape index (κ2) is 7.19. The van der Waals surface area contributed by atoms with E-state index in [1.54, 1.807) is 30.2 Å². The highest BCUT2D eigenvalue weighted by atomic mass is 19.1. The van der Waals surface area contributed by atoms with Crippen molar-refractivity contribution in [1.29, 1.82) is 0 Å². The summed E-state index contributed by atoms with van der Waals surface area (Å²) in [5.41, 5.74) is 1.27. The number of hydrogen-bond donors (Lipinski definition) is 0. The van der Waals surface area contributed by atoms with Crippen molar-refractivity contribution < 1.29 is 18.4 Å². The lowest BCUT2D eigenvalue weighted by molar-refractivity contribution is -0.128. The van der Waals surface area contributed by atoms with E-state index >= 15 is 0 Å². The maximum Gasteiger partial charge on any atom is 0.232 e. The summed E-state index contributed by atoms with van der Waals surface area (Å²) in [6.07, 6.45) is 0.272. The third-order valence-corrected chi connectivity index (χ3v) is 4.65. The molecule has 0 spiro atoms. The van der Waals surface area contributed by atoms with Crippen LogP contribution in [0.1, 0.15) is 23.8 Å². The number of benzene rings is 2. The molecule has 27 heavy (non-hydrogen) atoms. The van der Waals surface area contributed by atoms with Gasteiger partial charge in [0.05, 0.1) is 13.0 Å². The Bertz CT molecular complexity index is 972. The zero-order valence-electron chi connectivity index (χ0n) is 14.8. The van der Waals surface area contributed by atoms with Crippen molar-refractivity contribution in [1.82, 2.24) is 15.0 Å². The van der Waals surface area contributed by atoms with E-state index in [0.29, 0.717) is 29.6 Å². The maximum atomic E-state index is 13.9. The number of ether oxygens (including phenoxy) is 1. The van der Waals surface area contributed by atoms with Crippen molar-refractivity contribution in [2.45, 2.75) is 18.9 Å². The molecule has 138 valence electrons. The number of carbonyl (C=O) groups is 1. The van der Waals surface area contributed by atoms with Gasteiger partial charge in [-0.15, -0.1) is 0 Å². The molecule has 1 aliphatic heterocycles. The van der Waals surface area contributed by atoms with Crippen molar-refractivity contribution in [3.63, 3.8) is 0 Å². The van der Waals surface area contributed by atoms with Crippen molar-refractivity contribution in [2.75, 3.05) is 13.7 Å². The first-order chi connectivity index (χ1) is 13.1. The van der Waals surface area contributed by atoms with Crippen LogP contribution in [-0.4, -0.2) is 34.6 Å². The number of likely N-dealkylation sites (tertiary alicyclic amines) is 1. The van der Waals surface area contributed by atoms with E-state index in [9.17, 15) is 9.18 Å². The molecule has 2 aromatic carbocycles. The quantitative estimate of drug-likeness (QED) is 0.691. The Labute approximate surface area is 155 Å². The Hall–Kier alpha value is -3.22. The Morgan fingerprint density at radius 2 is 2.11 bits per heavy atom. The molecule has 1 atom stereocenters. The largest absolute Gasteiger partial charge is 0.497 e. The van der Waals surface area contributed by atoms with E-state index in [0.717, 1.165) is 5.56 Å². The highest BCUT2D eigenvalue weighted by Gasteiger charge is 2.34. The molecule has 3 aromatic rings. The van der Waals surface area contributed by atoms with Gasteiger partial charge in [0, 0.05) is 30.6 Å². The molecular weight excluding hydrogens is 349 g/mol. The third kappa shape index (κ3) is 3.53. The number of aromatic nitrogens is 2. The molecular formula is C20H18FN3O3. The molecule has 6 nitrogen and oxygen atoms in total. The molecule has 1 fully saturated rings. The monoisotopic (exact) mass is 367 g/mol. The smallest absolute Gasteiger partial charge is 0.232 e. The van der Waals surface area contributed by atoms with Gasteiger partial charge in [0.15, 0.2) is 0 Å². The Kier molecular flexibility index (Phi) is 4.58. The summed E-state index contributed by atoms with van der Waals surface area (Å²) < 4.78 is 24.5. The number of methoxy groups -OCH3 is 1. The van der Waals surface area contributed by atoms with Crippen LogP contribution in [0, 0.1) is 5.82 Å². The van der Waals surface area contributed by atoms with Gasteiger partial charge in [-0.25, -0.2) is 4.39 Å². The van der Waals surface area contributed by atoms with Gasteiger partial charge in [-0.2, -0.15) is 4.98 Å². The third-order valence-electron chi connectivity index (χ3n) is 4.65. The average Bonchev–Trinajstić information content (AvgIpc) is 3.31. The highest BCUT2D eigenvalue weighted by Crippen LogP contribution is 2.30. The van der Waals surface area contributed by atoms with Gasteiger partial charge in [-0.1, -0.05) is 35.5 Å². The molecule has 1 amide bonds. The van der Waals surface area contributed by atoms with E-state index in [-0.39, 0.29) is 30.6 Å². The van der Waals surface area contributed by atoms with Crippen LogP contribution < -0.4 is 4.74 Å². The fourth-order valence-corrected chi connectivity index (χ4v) is 3.20. The minimum Gasteiger partial charge on any atom is -0.497 e. The summed E-state index contributed by atoms with van der Waals surface area (Å²) in [5.74, 6) is 0.999. The number of amides is 1. The normalized spacial score (nSPS) is 16.7. The van der Waals surface area contributed by atoms with Crippen LogP contribution >= 0.6 is 0 Å². The molecule has 1 unspecified atom stereocenters. The summed E-state index contributed by atoms with van der Waals surface area (Å²) >= 11 is 0. The van der Waals surface area contributed by atoms with E-state index in [4.69, 9.17) is 9.26 Å². The molecule has 0 aliphatic carbocycles. The fraction of sp³-hybridized carbons (Fsp3) is 0.250. The van der Waals surface area contributed by atoms with Crippen molar-refractivity contribution in [3.8, 4) is 17.1 Å². The van der Waals surface area contributed by atoms with Crippen LogP contribution in [0.2, 0.25) is 0 Å². The number of halogens is 1. The van der Waals surface area contributed by atoms with Crippen LogP contribution in [-0.2, 0) is 11.3 Å². The second-order valence-electron chi connectivity index (χ2n) is 6.45.